The number of aromatic nitrogens is 1. The first-order chi connectivity index (χ1) is 11.7. The van der Waals surface area contributed by atoms with Crippen LogP contribution in [0.15, 0.2) is 4.52 Å². The molecule has 0 saturated heterocycles. The number of hydrogen-bond acceptors (Lipinski definition) is 5. The van der Waals surface area contributed by atoms with Crippen LogP contribution >= 0.6 is 0 Å². The molecule has 24 heavy (non-hydrogen) atoms. The quantitative estimate of drug-likeness (QED) is 0.204. The minimum atomic E-state index is -0.641. The number of nitrogen functional groups attached to an aromatic ring is 1. The zero-order valence-corrected chi connectivity index (χ0v) is 15.0. The van der Waals surface area contributed by atoms with Gasteiger partial charge in [-0.15, -0.1) is 0 Å². The van der Waals surface area contributed by atoms with Gasteiger partial charge in [-0.3, -0.25) is 10.2 Å². The maximum Gasteiger partial charge on any atom is 0.291 e. The van der Waals surface area contributed by atoms with Gasteiger partial charge in [0.05, 0.1) is 0 Å². The Morgan fingerprint density at radius 2 is 1.50 bits per heavy atom. The molecule has 0 aliphatic rings. The SMILES string of the molecule is CCCCCCCCCCCCCCc1onc(C(=O)NN)c1O. The summed E-state index contributed by atoms with van der Waals surface area (Å²) in [5, 5.41) is 13.4. The lowest BCUT2D eigenvalue weighted by Crippen LogP contribution is -2.30. The number of hydrogen-bond donors (Lipinski definition) is 3. The summed E-state index contributed by atoms with van der Waals surface area (Å²) in [6, 6.07) is 0. The van der Waals surface area contributed by atoms with Gasteiger partial charge >= 0.3 is 0 Å². The van der Waals surface area contributed by atoms with E-state index >= 15 is 0 Å². The fraction of sp³-hybridized carbons (Fsp3) is 0.778. The fourth-order valence-corrected chi connectivity index (χ4v) is 2.83. The van der Waals surface area contributed by atoms with Gasteiger partial charge in [0.15, 0.2) is 11.5 Å². The molecule has 6 heteroatoms. The highest BCUT2D eigenvalue weighted by Crippen LogP contribution is 2.24. The van der Waals surface area contributed by atoms with Crippen molar-refractivity contribution in [2.75, 3.05) is 0 Å². The summed E-state index contributed by atoms with van der Waals surface area (Å²) in [7, 11) is 0. The number of aryl methyl sites for hydroxylation is 1. The summed E-state index contributed by atoms with van der Waals surface area (Å²) in [5.74, 6) is 4.54. The zero-order valence-electron chi connectivity index (χ0n) is 15.0. The molecule has 0 saturated carbocycles. The third kappa shape index (κ3) is 7.81. The average molecular weight is 339 g/mol. The van der Waals surface area contributed by atoms with Crippen LogP contribution in [-0.4, -0.2) is 16.2 Å². The highest BCUT2D eigenvalue weighted by molar-refractivity contribution is 5.94. The number of nitrogens with zero attached hydrogens (tertiary/aromatic N) is 1. The number of unbranched alkanes of at least 4 members (excludes halogenated alkanes) is 11. The van der Waals surface area contributed by atoms with Crippen molar-refractivity contribution in [3.05, 3.63) is 11.5 Å². The van der Waals surface area contributed by atoms with E-state index in [0.717, 1.165) is 12.8 Å². The van der Waals surface area contributed by atoms with Gasteiger partial charge in [0, 0.05) is 6.42 Å². The lowest BCUT2D eigenvalue weighted by molar-refractivity contribution is 0.0942. The van der Waals surface area contributed by atoms with Gasteiger partial charge in [-0.1, -0.05) is 82.7 Å². The van der Waals surface area contributed by atoms with Gasteiger partial charge in [0.25, 0.3) is 5.91 Å². The molecule has 6 nitrogen and oxygen atoms in total. The molecular formula is C18H33N3O3. The Balaban J connectivity index is 1.99. The number of amides is 1. The largest absolute Gasteiger partial charge is 0.503 e. The van der Waals surface area contributed by atoms with Crippen molar-refractivity contribution in [1.82, 2.24) is 10.6 Å². The number of hydrazine groups is 1. The van der Waals surface area contributed by atoms with E-state index in [0.29, 0.717) is 12.2 Å². The molecule has 0 unspecified atom stereocenters. The van der Waals surface area contributed by atoms with Gasteiger partial charge in [0.2, 0.25) is 5.69 Å². The Morgan fingerprint density at radius 3 is 2.00 bits per heavy atom. The summed E-state index contributed by atoms with van der Waals surface area (Å²) < 4.78 is 5.00. The fourth-order valence-electron chi connectivity index (χ4n) is 2.83. The number of carbonyl (C=O) groups excluding carboxylic acids is 1. The Bertz CT molecular complexity index is 460. The predicted molar refractivity (Wildman–Crippen MR) is 94.6 cm³/mol. The lowest BCUT2D eigenvalue weighted by atomic mass is 10.0. The van der Waals surface area contributed by atoms with Crippen LogP contribution in [0.1, 0.15) is 100 Å². The molecule has 138 valence electrons. The highest BCUT2D eigenvalue weighted by Gasteiger charge is 2.20. The van der Waals surface area contributed by atoms with E-state index in [4.69, 9.17) is 10.4 Å². The van der Waals surface area contributed by atoms with E-state index in [-0.39, 0.29) is 11.4 Å². The minimum Gasteiger partial charge on any atom is -0.503 e. The number of nitrogens with one attached hydrogen (secondary N) is 1. The van der Waals surface area contributed by atoms with Crippen LogP contribution in [0.2, 0.25) is 0 Å². The van der Waals surface area contributed by atoms with Crippen molar-refractivity contribution >= 4 is 5.91 Å². The summed E-state index contributed by atoms with van der Waals surface area (Å²) in [6.07, 6.45) is 15.9. The first kappa shape index (κ1) is 20.5. The van der Waals surface area contributed by atoms with Gasteiger partial charge in [0.1, 0.15) is 0 Å². The smallest absolute Gasteiger partial charge is 0.291 e. The van der Waals surface area contributed by atoms with E-state index in [9.17, 15) is 9.90 Å². The predicted octanol–water partition coefficient (Wildman–Crippen LogP) is 4.23. The van der Waals surface area contributed by atoms with E-state index in [1.54, 1.807) is 0 Å². The molecule has 0 bridgehead atoms. The molecule has 1 aromatic rings. The first-order valence-electron chi connectivity index (χ1n) is 9.39. The second kappa shape index (κ2) is 12.8. The van der Waals surface area contributed by atoms with Crippen LogP contribution in [0, 0.1) is 0 Å². The molecule has 4 N–H and O–H groups in total. The zero-order chi connectivity index (χ0) is 17.6. The van der Waals surface area contributed by atoms with Crippen LogP contribution < -0.4 is 11.3 Å². The molecule has 1 amide bonds. The van der Waals surface area contributed by atoms with E-state index in [1.165, 1.54) is 64.2 Å². The number of aromatic hydroxyl groups is 1. The summed E-state index contributed by atoms with van der Waals surface area (Å²) in [5.41, 5.74) is 1.78. The minimum absolute atomic E-state index is 0.147. The second-order valence-corrected chi connectivity index (χ2v) is 6.42. The van der Waals surface area contributed by atoms with Crippen LogP contribution in [0.25, 0.3) is 0 Å². The topological polar surface area (TPSA) is 101 Å². The maximum atomic E-state index is 11.3. The van der Waals surface area contributed by atoms with Crippen LogP contribution in [0.3, 0.4) is 0 Å². The maximum absolute atomic E-state index is 11.3. The van der Waals surface area contributed by atoms with E-state index in [1.807, 2.05) is 5.43 Å². The van der Waals surface area contributed by atoms with Crippen molar-refractivity contribution in [2.45, 2.75) is 90.4 Å². The molecule has 0 atom stereocenters. The van der Waals surface area contributed by atoms with Gasteiger partial charge in [-0.25, -0.2) is 5.84 Å². The lowest BCUT2D eigenvalue weighted by Gasteiger charge is -2.02. The monoisotopic (exact) mass is 339 g/mol. The molecule has 0 aliphatic carbocycles. The van der Waals surface area contributed by atoms with E-state index in [2.05, 4.69) is 12.1 Å². The highest BCUT2D eigenvalue weighted by atomic mass is 16.5. The molecule has 0 aliphatic heterocycles. The third-order valence-electron chi connectivity index (χ3n) is 4.34. The Labute approximate surface area is 145 Å². The van der Waals surface area contributed by atoms with Crippen LogP contribution in [0.4, 0.5) is 0 Å². The van der Waals surface area contributed by atoms with Crippen molar-refractivity contribution in [3.63, 3.8) is 0 Å². The Hall–Kier alpha value is -1.56. The average Bonchev–Trinajstić information content (AvgIpc) is 2.96. The molecule has 1 heterocycles. The Morgan fingerprint density at radius 1 is 1.00 bits per heavy atom. The molecule has 1 rings (SSSR count). The van der Waals surface area contributed by atoms with Crippen LogP contribution in [-0.2, 0) is 6.42 Å². The number of carbonyl (C=O) groups is 1. The summed E-state index contributed by atoms with van der Waals surface area (Å²) >= 11 is 0. The number of nitrogens with two attached hydrogens (primary N) is 1. The van der Waals surface area contributed by atoms with Gasteiger partial charge in [-0.05, 0) is 6.42 Å². The van der Waals surface area contributed by atoms with Crippen molar-refractivity contribution in [2.24, 2.45) is 5.84 Å². The standard InChI is InChI=1S/C18H33N3O3/c1-2-3-4-5-6-7-8-9-10-11-12-13-14-15-17(22)16(21-24-15)18(23)20-19/h22H,2-14,19H2,1H3,(H,20,23). The van der Waals surface area contributed by atoms with Crippen molar-refractivity contribution < 1.29 is 14.4 Å². The second-order valence-electron chi connectivity index (χ2n) is 6.42. The third-order valence-corrected chi connectivity index (χ3v) is 4.34. The molecule has 1 aromatic heterocycles. The Kier molecular flexibility index (Phi) is 10.9. The normalized spacial score (nSPS) is 10.9. The van der Waals surface area contributed by atoms with Crippen molar-refractivity contribution in [3.8, 4) is 5.75 Å². The van der Waals surface area contributed by atoms with Crippen LogP contribution in [0.5, 0.6) is 5.75 Å². The molecule has 0 aromatic carbocycles. The number of rotatable bonds is 14. The van der Waals surface area contributed by atoms with Crippen molar-refractivity contribution in [1.29, 1.82) is 0 Å². The summed E-state index contributed by atoms with van der Waals surface area (Å²) in [4.78, 5) is 11.3. The molecule has 0 spiro atoms. The van der Waals surface area contributed by atoms with Gasteiger partial charge < -0.3 is 9.63 Å². The molecular weight excluding hydrogens is 306 g/mol. The van der Waals surface area contributed by atoms with E-state index < -0.39 is 5.91 Å². The molecule has 0 fully saturated rings. The van der Waals surface area contributed by atoms with Gasteiger partial charge in [-0.2, -0.15) is 0 Å². The first-order valence-corrected chi connectivity index (χ1v) is 9.39. The molecule has 0 radical (unpaired) electrons. The summed E-state index contributed by atoms with van der Waals surface area (Å²) in [6.45, 7) is 2.25.